The van der Waals surface area contributed by atoms with Crippen molar-refractivity contribution in [2.45, 2.75) is 6.10 Å². The molecule has 0 spiro atoms. The maximum absolute atomic E-state index is 5.62. The van der Waals surface area contributed by atoms with E-state index >= 15 is 0 Å². The first kappa shape index (κ1) is 9.80. The maximum atomic E-state index is 5.62. The number of ether oxygens (including phenoxy) is 3. The molecule has 2 rings (SSSR count). The van der Waals surface area contributed by atoms with Gasteiger partial charge in [-0.25, -0.2) is 0 Å². The van der Waals surface area contributed by atoms with Crippen molar-refractivity contribution in [2.24, 2.45) is 0 Å². The third-order valence-electron chi connectivity index (χ3n) is 2.03. The van der Waals surface area contributed by atoms with E-state index in [1.165, 1.54) is 0 Å². The van der Waals surface area contributed by atoms with E-state index in [2.05, 4.69) is 15.9 Å². The third-order valence-corrected chi connectivity index (χ3v) is 2.65. The molecule has 0 N–H and O–H groups in total. The Morgan fingerprint density at radius 1 is 1.43 bits per heavy atom. The van der Waals surface area contributed by atoms with Gasteiger partial charge in [0.25, 0.3) is 0 Å². The fourth-order valence-electron chi connectivity index (χ4n) is 1.19. The van der Waals surface area contributed by atoms with Gasteiger partial charge >= 0.3 is 0 Å². The summed E-state index contributed by atoms with van der Waals surface area (Å²) in [5.41, 5.74) is 0. The van der Waals surface area contributed by atoms with Crippen molar-refractivity contribution in [3.63, 3.8) is 0 Å². The SMILES string of the molecule is COc1ccc(OC2COC2)cc1Br. The smallest absolute Gasteiger partial charge is 0.145 e. The van der Waals surface area contributed by atoms with Crippen LogP contribution in [-0.4, -0.2) is 26.4 Å². The predicted octanol–water partition coefficient (Wildman–Crippen LogP) is 2.24. The van der Waals surface area contributed by atoms with Gasteiger partial charge in [0.1, 0.15) is 17.6 Å². The zero-order chi connectivity index (χ0) is 9.97. The van der Waals surface area contributed by atoms with E-state index in [1.807, 2.05) is 18.2 Å². The molecule has 1 aliphatic heterocycles. The summed E-state index contributed by atoms with van der Waals surface area (Å²) in [5.74, 6) is 1.65. The lowest BCUT2D eigenvalue weighted by Gasteiger charge is -2.26. The second-order valence-electron chi connectivity index (χ2n) is 3.07. The summed E-state index contributed by atoms with van der Waals surface area (Å²) in [5, 5.41) is 0. The number of halogens is 1. The van der Waals surface area contributed by atoms with E-state index < -0.39 is 0 Å². The van der Waals surface area contributed by atoms with Crippen molar-refractivity contribution < 1.29 is 14.2 Å². The van der Waals surface area contributed by atoms with Gasteiger partial charge in [-0.15, -0.1) is 0 Å². The van der Waals surface area contributed by atoms with Crippen LogP contribution < -0.4 is 9.47 Å². The van der Waals surface area contributed by atoms with Crippen LogP contribution in [0.4, 0.5) is 0 Å². The predicted molar refractivity (Wildman–Crippen MR) is 55.9 cm³/mol. The highest BCUT2D eigenvalue weighted by Gasteiger charge is 2.20. The number of rotatable bonds is 3. The van der Waals surface area contributed by atoms with E-state index in [1.54, 1.807) is 7.11 Å². The van der Waals surface area contributed by atoms with E-state index in [4.69, 9.17) is 14.2 Å². The van der Waals surface area contributed by atoms with Gasteiger partial charge in [0.05, 0.1) is 24.8 Å². The third kappa shape index (κ3) is 2.01. The van der Waals surface area contributed by atoms with Crippen LogP contribution in [0.5, 0.6) is 11.5 Å². The van der Waals surface area contributed by atoms with Gasteiger partial charge in [-0.2, -0.15) is 0 Å². The molecule has 1 saturated heterocycles. The van der Waals surface area contributed by atoms with Crippen LogP contribution in [0.2, 0.25) is 0 Å². The summed E-state index contributed by atoms with van der Waals surface area (Å²) in [7, 11) is 1.64. The molecular formula is C10H11BrO3. The highest BCUT2D eigenvalue weighted by Crippen LogP contribution is 2.29. The minimum Gasteiger partial charge on any atom is -0.496 e. The standard InChI is InChI=1S/C10H11BrO3/c1-12-10-3-2-7(4-9(10)11)14-8-5-13-6-8/h2-4,8H,5-6H2,1H3. The molecule has 1 aliphatic rings. The molecule has 1 fully saturated rings. The van der Waals surface area contributed by atoms with Crippen LogP contribution in [0.1, 0.15) is 0 Å². The van der Waals surface area contributed by atoms with Crippen LogP contribution in [-0.2, 0) is 4.74 Å². The van der Waals surface area contributed by atoms with Gasteiger partial charge in [-0.3, -0.25) is 0 Å². The minimum atomic E-state index is 0.204. The molecule has 14 heavy (non-hydrogen) atoms. The summed E-state index contributed by atoms with van der Waals surface area (Å²) in [6.07, 6.45) is 0.204. The van der Waals surface area contributed by atoms with Crippen LogP contribution >= 0.6 is 15.9 Å². The van der Waals surface area contributed by atoms with Gasteiger partial charge in [0.2, 0.25) is 0 Å². The monoisotopic (exact) mass is 258 g/mol. The molecule has 0 bridgehead atoms. The summed E-state index contributed by atoms with van der Waals surface area (Å²) in [6, 6.07) is 5.66. The average molecular weight is 259 g/mol. The van der Waals surface area contributed by atoms with Gasteiger partial charge in [0, 0.05) is 0 Å². The van der Waals surface area contributed by atoms with Gasteiger partial charge in [-0.05, 0) is 34.1 Å². The Hall–Kier alpha value is -0.740. The van der Waals surface area contributed by atoms with E-state index in [0.717, 1.165) is 16.0 Å². The second kappa shape index (κ2) is 4.19. The lowest BCUT2D eigenvalue weighted by atomic mass is 10.3. The van der Waals surface area contributed by atoms with Crippen molar-refractivity contribution in [2.75, 3.05) is 20.3 Å². The van der Waals surface area contributed by atoms with Gasteiger partial charge < -0.3 is 14.2 Å². The summed E-state index contributed by atoms with van der Waals surface area (Å²) >= 11 is 3.40. The van der Waals surface area contributed by atoms with Crippen LogP contribution in [0.15, 0.2) is 22.7 Å². The first-order chi connectivity index (χ1) is 6.79. The normalized spacial score (nSPS) is 16.1. The van der Waals surface area contributed by atoms with Crippen molar-refractivity contribution in [3.8, 4) is 11.5 Å². The summed E-state index contributed by atoms with van der Waals surface area (Å²) in [6.45, 7) is 1.37. The van der Waals surface area contributed by atoms with E-state index in [9.17, 15) is 0 Å². The largest absolute Gasteiger partial charge is 0.496 e. The van der Waals surface area contributed by atoms with Crippen molar-refractivity contribution in [1.29, 1.82) is 0 Å². The highest BCUT2D eigenvalue weighted by atomic mass is 79.9. The number of methoxy groups -OCH3 is 1. The molecule has 0 aromatic heterocycles. The van der Waals surface area contributed by atoms with Crippen molar-refractivity contribution in [3.05, 3.63) is 22.7 Å². The molecule has 76 valence electrons. The Morgan fingerprint density at radius 2 is 2.21 bits per heavy atom. The number of hydrogen-bond acceptors (Lipinski definition) is 3. The summed E-state index contributed by atoms with van der Waals surface area (Å²) < 4.78 is 16.7. The molecule has 1 heterocycles. The first-order valence-corrected chi connectivity index (χ1v) is 5.17. The quantitative estimate of drug-likeness (QED) is 0.833. The molecule has 0 radical (unpaired) electrons. The van der Waals surface area contributed by atoms with Crippen LogP contribution in [0.3, 0.4) is 0 Å². The first-order valence-electron chi connectivity index (χ1n) is 4.37. The molecule has 0 aliphatic carbocycles. The Labute approximate surface area is 91.1 Å². The lowest BCUT2D eigenvalue weighted by molar-refractivity contribution is -0.0797. The Kier molecular flexibility index (Phi) is 2.93. The molecule has 3 nitrogen and oxygen atoms in total. The molecule has 1 aromatic carbocycles. The molecule has 0 amide bonds. The molecular weight excluding hydrogens is 248 g/mol. The second-order valence-corrected chi connectivity index (χ2v) is 3.93. The van der Waals surface area contributed by atoms with Crippen molar-refractivity contribution in [1.82, 2.24) is 0 Å². The van der Waals surface area contributed by atoms with Crippen LogP contribution in [0.25, 0.3) is 0 Å². The number of benzene rings is 1. The molecule has 0 saturated carbocycles. The number of hydrogen-bond donors (Lipinski definition) is 0. The molecule has 4 heteroatoms. The minimum absolute atomic E-state index is 0.204. The molecule has 0 unspecified atom stereocenters. The highest BCUT2D eigenvalue weighted by molar-refractivity contribution is 9.10. The van der Waals surface area contributed by atoms with Crippen LogP contribution in [0, 0.1) is 0 Å². The average Bonchev–Trinajstić information content (AvgIpc) is 2.12. The zero-order valence-corrected chi connectivity index (χ0v) is 9.41. The zero-order valence-electron chi connectivity index (χ0n) is 7.83. The fourth-order valence-corrected chi connectivity index (χ4v) is 1.71. The van der Waals surface area contributed by atoms with Gasteiger partial charge in [-0.1, -0.05) is 0 Å². The Balaban J connectivity index is 2.07. The summed E-state index contributed by atoms with van der Waals surface area (Å²) in [4.78, 5) is 0. The molecule has 0 atom stereocenters. The van der Waals surface area contributed by atoms with E-state index in [-0.39, 0.29) is 6.10 Å². The Bertz CT molecular complexity index is 323. The van der Waals surface area contributed by atoms with E-state index in [0.29, 0.717) is 13.2 Å². The lowest BCUT2D eigenvalue weighted by Crippen LogP contribution is -2.38. The fraction of sp³-hybridized carbons (Fsp3) is 0.400. The van der Waals surface area contributed by atoms with Crippen molar-refractivity contribution >= 4 is 15.9 Å². The van der Waals surface area contributed by atoms with Gasteiger partial charge in [0.15, 0.2) is 0 Å². The topological polar surface area (TPSA) is 27.7 Å². The maximum Gasteiger partial charge on any atom is 0.145 e. The molecule has 1 aromatic rings. The Morgan fingerprint density at radius 3 is 2.71 bits per heavy atom.